The smallest absolute Gasteiger partial charge is 0.303 e. The van der Waals surface area contributed by atoms with Gasteiger partial charge in [0, 0.05) is 6.42 Å². The fraction of sp³-hybridized carbons (Fsp3) is 0.357. The van der Waals surface area contributed by atoms with Gasteiger partial charge in [-0.15, -0.1) is 0 Å². The summed E-state index contributed by atoms with van der Waals surface area (Å²) in [6.07, 6.45) is 0.239. The van der Waals surface area contributed by atoms with E-state index in [9.17, 15) is 10.1 Å². The third-order valence-corrected chi connectivity index (χ3v) is 4.31. The van der Waals surface area contributed by atoms with Gasteiger partial charge in [0.1, 0.15) is 4.75 Å². The van der Waals surface area contributed by atoms with Crippen molar-refractivity contribution in [1.29, 1.82) is 5.26 Å². The SMILES string of the molecule is Cc1ccc(C(=S)SC(C)(C#N)CCC(=O)O)cc1. The number of nitrogens with zero attached hydrogens (tertiary/aromatic N) is 1. The fourth-order valence-electron chi connectivity index (χ4n) is 1.43. The van der Waals surface area contributed by atoms with Crippen molar-refractivity contribution in [3.63, 3.8) is 0 Å². The van der Waals surface area contributed by atoms with Gasteiger partial charge in [-0.1, -0.05) is 53.8 Å². The Morgan fingerprint density at radius 3 is 2.53 bits per heavy atom. The maximum Gasteiger partial charge on any atom is 0.303 e. The maximum atomic E-state index is 10.6. The highest BCUT2D eigenvalue weighted by Gasteiger charge is 2.27. The van der Waals surface area contributed by atoms with E-state index in [0.717, 1.165) is 11.1 Å². The Morgan fingerprint density at radius 1 is 1.47 bits per heavy atom. The summed E-state index contributed by atoms with van der Waals surface area (Å²) < 4.78 is -0.185. The van der Waals surface area contributed by atoms with E-state index < -0.39 is 10.7 Å². The maximum absolute atomic E-state index is 10.6. The van der Waals surface area contributed by atoms with E-state index in [1.807, 2.05) is 31.2 Å². The molecule has 3 nitrogen and oxygen atoms in total. The van der Waals surface area contributed by atoms with Gasteiger partial charge in [0.2, 0.25) is 0 Å². The highest BCUT2D eigenvalue weighted by molar-refractivity contribution is 8.24. The lowest BCUT2D eigenvalue weighted by Crippen LogP contribution is -2.21. The molecular formula is C14H15NO2S2. The number of aliphatic carboxylic acids is 1. The van der Waals surface area contributed by atoms with Gasteiger partial charge < -0.3 is 5.11 Å². The number of nitriles is 1. The van der Waals surface area contributed by atoms with Crippen LogP contribution in [0.4, 0.5) is 0 Å². The van der Waals surface area contributed by atoms with Crippen LogP contribution in [0.15, 0.2) is 24.3 Å². The number of carboxylic acids is 1. The molecule has 0 spiro atoms. The van der Waals surface area contributed by atoms with Gasteiger partial charge in [-0.05, 0) is 25.8 Å². The van der Waals surface area contributed by atoms with Crippen LogP contribution in [-0.2, 0) is 4.79 Å². The summed E-state index contributed by atoms with van der Waals surface area (Å²) in [6.45, 7) is 3.72. The first-order valence-electron chi connectivity index (χ1n) is 5.79. The molecule has 1 atom stereocenters. The number of carbonyl (C=O) groups is 1. The molecular weight excluding hydrogens is 278 g/mol. The van der Waals surface area contributed by atoms with E-state index in [1.165, 1.54) is 11.8 Å². The van der Waals surface area contributed by atoms with Crippen LogP contribution in [0.3, 0.4) is 0 Å². The molecule has 0 bridgehead atoms. The predicted octanol–water partition coefficient (Wildman–Crippen LogP) is 3.55. The Morgan fingerprint density at radius 2 is 2.05 bits per heavy atom. The number of thioether (sulfide) groups is 1. The Balaban J connectivity index is 2.75. The van der Waals surface area contributed by atoms with Crippen molar-refractivity contribution in [3.05, 3.63) is 35.4 Å². The van der Waals surface area contributed by atoms with E-state index >= 15 is 0 Å². The van der Waals surface area contributed by atoms with Gasteiger partial charge in [0.25, 0.3) is 0 Å². The van der Waals surface area contributed by atoms with Crippen LogP contribution >= 0.6 is 24.0 Å². The summed E-state index contributed by atoms with van der Waals surface area (Å²) in [5, 5.41) is 17.9. The third-order valence-electron chi connectivity index (χ3n) is 2.66. The van der Waals surface area contributed by atoms with Crippen LogP contribution in [0.5, 0.6) is 0 Å². The molecule has 0 saturated carbocycles. The summed E-state index contributed by atoms with van der Waals surface area (Å²) in [5.74, 6) is -0.900. The Bertz CT molecular complexity index is 519. The lowest BCUT2D eigenvalue weighted by molar-refractivity contribution is -0.137. The standard InChI is InChI=1S/C14H15NO2S2/c1-10-3-5-11(6-4-10)13(18)19-14(2,9-15)8-7-12(16)17/h3-6H,7-8H2,1-2H3,(H,16,17). The van der Waals surface area contributed by atoms with Gasteiger partial charge >= 0.3 is 5.97 Å². The normalized spacial score (nSPS) is 13.3. The summed E-state index contributed by atoms with van der Waals surface area (Å²) >= 11 is 6.58. The minimum atomic E-state index is -0.900. The quantitative estimate of drug-likeness (QED) is 0.841. The van der Waals surface area contributed by atoms with Crippen LogP contribution in [0.2, 0.25) is 0 Å². The zero-order valence-corrected chi connectivity index (χ0v) is 12.5. The second-order valence-electron chi connectivity index (χ2n) is 4.49. The molecule has 0 radical (unpaired) electrons. The summed E-state index contributed by atoms with van der Waals surface area (Å²) in [6, 6.07) is 9.91. The number of aryl methyl sites for hydroxylation is 1. The monoisotopic (exact) mass is 293 g/mol. The third kappa shape index (κ3) is 5.01. The van der Waals surface area contributed by atoms with Gasteiger partial charge in [-0.2, -0.15) is 5.26 Å². The van der Waals surface area contributed by atoms with Crippen molar-refractivity contribution in [3.8, 4) is 6.07 Å². The molecule has 0 heterocycles. The average Bonchev–Trinajstić information content (AvgIpc) is 2.37. The number of hydrogen-bond donors (Lipinski definition) is 1. The van der Waals surface area contributed by atoms with Crippen LogP contribution < -0.4 is 0 Å². The van der Waals surface area contributed by atoms with Crippen molar-refractivity contribution >= 4 is 34.1 Å². The number of thiocarbonyl (C=S) groups is 1. The summed E-state index contributed by atoms with van der Waals surface area (Å²) in [4.78, 5) is 10.6. The lowest BCUT2D eigenvalue weighted by Gasteiger charge is -2.20. The first-order chi connectivity index (χ1) is 8.86. The summed E-state index contributed by atoms with van der Waals surface area (Å²) in [7, 11) is 0. The molecule has 0 fully saturated rings. The van der Waals surface area contributed by atoms with Crippen LogP contribution in [0, 0.1) is 18.3 Å². The molecule has 1 aromatic carbocycles. The molecule has 1 unspecified atom stereocenters. The van der Waals surface area contributed by atoms with E-state index in [0.29, 0.717) is 4.20 Å². The molecule has 0 amide bonds. The minimum Gasteiger partial charge on any atom is -0.481 e. The molecule has 0 aromatic heterocycles. The number of carboxylic acid groups (broad SMARTS) is 1. The molecule has 5 heteroatoms. The molecule has 1 aromatic rings. The molecule has 19 heavy (non-hydrogen) atoms. The lowest BCUT2D eigenvalue weighted by atomic mass is 10.1. The number of rotatable bonds is 5. The van der Waals surface area contributed by atoms with Gasteiger partial charge in [-0.25, -0.2) is 0 Å². The van der Waals surface area contributed by atoms with Crippen molar-refractivity contribution in [1.82, 2.24) is 0 Å². The molecule has 0 saturated heterocycles. The zero-order chi connectivity index (χ0) is 14.5. The Kier molecular flexibility index (Phi) is 5.52. The van der Waals surface area contributed by atoms with E-state index in [1.54, 1.807) is 6.92 Å². The van der Waals surface area contributed by atoms with Crippen molar-refractivity contribution in [2.24, 2.45) is 0 Å². The van der Waals surface area contributed by atoms with E-state index in [2.05, 4.69) is 6.07 Å². The Labute approximate surface area is 122 Å². The second-order valence-corrected chi connectivity index (χ2v) is 6.67. The first kappa shape index (κ1) is 15.7. The van der Waals surface area contributed by atoms with E-state index in [-0.39, 0.29) is 12.8 Å². The molecule has 0 aliphatic heterocycles. The largest absolute Gasteiger partial charge is 0.481 e. The second kappa shape index (κ2) is 6.69. The van der Waals surface area contributed by atoms with Crippen LogP contribution in [0.1, 0.15) is 30.9 Å². The number of hydrogen-bond acceptors (Lipinski definition) is 4. The first-order valence-corrected chi connectivity index (χ1v) is 7.02. The van der Waals surface area contributed by atoms with Crippen molar-refractivity contribution in [2.75, 3.05) is 0 Å². The molecule has 0 aliphatic rings. The fourth-order valence-corrected chi connectivity index (χ4v) is 3.03. The predicted molar refractivity (Wildman–Crippen MR) is 81.4 cm³/mol. The van der Waals surface area contributed by atoms with Gasteiger partial charge in [0.05, 0.1) is 10.3 Å². The topological polar surface area (TPSA) is 61.1 Å². The van der Waals surface area contributed by atoms with Crippen molar-refractivity contribution < 1.29 is 9.90 Å². The van der Waals surface area contributed by atoms with Crippen molar-refractivity contribution in [2.45, 2.75) is 31.4 Å². The Hall–Kier alpha value is -1.38. The average molecular weight is 293 g/mol. The minimum absolute atomic E-state index is 0.0342. The molecule has 1 rings (SSSR count). The van der Waals surface area contributed by atoms with Crippen LogP contribution in [-0.4, -0.2) is 20.0 Å². The zero-order valence-electron chi connectivity index (χ0n) is 10.8. The highest BCUT2D eigenvalue weighted by Crippen LogP contribution is 2.33. The molecule has 1 N–H and O–H groups in total. The number of benzene rings is 1. The van der Waals surface area contributed by atoms with Gasteiger partial charge in [0.15, 0.2) is 0 Å². The van der Waals surface area contributed by atoms with Crippen LogP contribution in [0.25, 0.3) is 0 Å². The molecule has 0 aliphatic carbocycles. The highest BCUT2D eigenvalue weighted by atomic mass is 32.2. The molecule has 100 valence electrons. The van der Waals surface area contributed by atoms with Gasteiger partial charge in [-0.3, -0.25) is 4.79 Å². The van der Waals surface area contributed by atoms with E-state index in [4.69, 9.17) is 17.3 Å². The summed E-state index contributed by atoms with van der Waals surface area (Å²) in [5.41, 5.74) is 2.04.